The van der Waals surface area contributed by atoms with Crippen LogP contribution >= 0.6 is 15.6 Å². The summed E-state index contributed by atoms with van der Waals surface area (Å²) < 4.78 is 68.3. The van der Waals surface area contributed by atoms with E-state index in [4.69, 9.17) is 37.0 Å². The summed E-state index contributed by atoms with van der Waals surface area (Å²) in [5.74, 6) is -1.32. The van der Waals surface area contributed by atoms with Gasteiger partial charge in [-0.3, -0.25) is 37.3 Å². The Bertz CT molecular complexity index is 1740. The van der Waals surface area contributed by atoms with Crippen LogP contribution < -0.4 is 0 Å². The van der Waals surface area contributed by atoms with Gasteiger partial charge in [0.15, 0.2) is 12.2 Å². The molecule has 534 valence electrons. The summed E-state index contributed by atoms with van der Waals surface area (Å²) in [6.45, 7) is 7.26. The molecular formula is C71H138O17P2. The molecule has 2 unspecified atom stereocenters. The molecule has 0 radical (unpaired) electrons. The smallest absolute Gasteiger partial charge is 0.462 e. The molecule has 0 aliphatic rings. The molecule has 3 N–H and O–H groups in total. The first-order valence-electron chi connectivity index (χ1n) is 37.1. The predicted octanol–water partition coefficient (Wildman–Crippen LogP) is 20.5. The quantitative estimate of drug-likeness (QED) is 0.0222. The van der Waals surface area contributed by atoms with Gasteiger partial charge in [-0.1, -0.05) is 317 Å². The minimum Gasteiger partial charge on any atom is -0.462 e. The largest absolute Gasteiger partial charge is 0.472 e. The second-order valence-corrected chi connectivity index (χ2v) is 29.0. The molecule has 0 heterocycles. The summed E-state index contributed by atoms with van der Waals surface area (Å²) in [6, 6.07) is 0. The number of phosphoric ester groups is 2. The van der Waals surface area contributed by atoms with Crippen LogP contribution in [0.25, 0.3) is 0 Å². The lowest BCUT2D eigenvalue weighted by Gasteiger charge is -2.21. The Morgan fingerprint density at radius 2 is 0.511 bits per heavy atom. The Hall–Kier alpha value is -1.94. The van der Waals surface area contributed by atoms with Gasteiger partial charge in [-0.2, -0.15) is 0 Å². The lowest BCUT2D eigenvalue weighted by atomic mass is 10.0. The summed E-state index contributed by atoms with van der Waals surface area (Å²) in [5.41, 5.74) is 0. The summed E-state index contributed by atoms with van der Waals surface area (Å²) in [7, 11) is -9.90. The standard InChI is InChI=1S/C71H138O17P2/c1-6-9-12-15-18-21-23-27-31-36-40-45-50-55-69(74)82-61-67(88-71(76)57-52-47-42-37-32-29-26-24-25-28-30-34-38-43-48-53-64(4)5)63-86-90(79,80)84-59-65(72)58-83-89(77,78)85-62-66(60-81-68(73)54-49-44-39-33-20-17-14-11-8-3)87-70(75)56-51-46-41-35-22-19-16-13-10-7-2/h64-67,72H,6-63H2,1-5H3,(H,77,78)(H,79,80)/t65-,66+,67+/m0/s1. The van der Waals surface area contributed by atoms with Crippen molar-refractivity contribution in [2.75, 3.05) is 39.6 Å². The second kappa shape index (κ2) is 64.4. The third-order valence-electron chi connectivity index (χ3n) is 16.5. The van der Waals surface area contributed by atoms with E-state index in [9.17, 15) is 43.2 Å². The fourth-order valence-corrected chi connectivity index (χ4v) is 12.4. The van der Waals surface area contributed by atoms with Gasteiger partial charge < -0.3 is 33.8 Å². The number of aliphatic hydroxyl groups excluding tert-OH is 1. The number of carbonyl (C=O) groups is 4. The van der Waals surface area contributed by atoms with Gasteiger partial charge in [0.25, 0.3) is 0 Å². The minimum absolute atomic E-state index is 0.107. The van der Waals surface area contributed by atoms with E-state index in [1.54, 1.807) is 0 Å². The molecule has 19 heteroatoms. The highest BCUT2D eigenvalue weighted by Gasteiger charge is 2.30. The van der Waals surface area contributed by atoms with Crippen molar-refractivity contribution in [2.24, 2.45) is 5.92 Å². The number of ether oxygens (including phenoxy) is 4. The van der Waals surface area contributed by atoms with E-state index in [0.717, 1.165) is 95.8 Å². The predicted molar refractivity (Wildman–Crippen MR) is 363 cm³/mol. The summed E-state index contributed by atoms with van der Waals surface area (Å²) in [5, 5.41) is 10.6. The third-order valence-corrected chi connectivity index (χ3v) is 18.4. The van der Waals surface area contributed by atoms with Crippen molar-refractivity contribution in [1.29, 1.82) is 0 Å². The molecule has 0 saturated carbocycles. The van der Waals surface area contributed by atoms with Gasteiger partial charge in [-0.15, -0.1) is 0 Å². The number of rotatable bonds is 71. The van der Waals surface area contributed by atoms with Crippen LogP contribution in [0, 0.1) is 5.92 Å². The van der Waals surface area contributed by atoms with Crippen LogP contribution in [0.2, 0.25) is 0 Å². The van der Waals surface area contributed by atoms with Crippen molar-refractivity contribution in [3.8, 4) is 0 Å². The van der Waals surface area contributed by atoms with E-state index in [2.05, 4.69) is 34.6 Å². The lowest BCUT2D eigenvalue weighted by Crippen LogP contribution is -2.30. The van der Waals surface area contributed by atoms with Crippen LogP contribution in [0.1, 0.15) is 369 Å². The Labute approximate surface area is 549 Å². The van der Waals surface area contributed by atoms with Crippen LogP contribution in [0.5, 0.6) is 0 Å². The van der Waals surface area contributed by atoms with Crippen molar-refractivity contribution < 1.29 is 80.2 Å². The lowest BCUT2D eigenvalue weighted by molar-refractivity contribution is -0.161. The Morgan fingerprint density at radius 1 is 0.300 bits per heavy atom. The van der Waals surface area contributed by atoms with Crippen LogP contribution in [0.3, 0.4) is 0 Å². The molecule has 0 rings (SSSR count). The highest BCUT2D eigenvalue weighted by Crippen LogP contribution is 2.45. The normalized spacial score (nSPS) is 14.1. The van der Waals surface area contributed by atoms with Crippen molar-refractivity contribution in [1.82, 2.24) is 0 Å². The number of hydrogen-bond donors (Lipinski definition) is 3. The number of esters is 4. The molecule has 0 spiro atoms. The number of phosphoric acid groups is 2. The molecule has 0 aromatic rings. The SMILES string of the molecule is CCCCCCCCCCCCCCCC(=O)OC[C@H](COP(=O)(O)OC[C@@H](O)COP(=O)(O)OC[C@@H](COC(=O)CCCCCCCCCCC)OC(=O)CCCCCCCCCCCC)OC(=O)CCCCCCCCCCCCCCCCCC(C)C. The summed E-state index contributed by atoms with van der Waals surface area (Å²) in [4.78, 5) is 72.5. The Balaban J connectivity index is 5.21. The highest BCUT2D eigenvalue weighted by molar-refractivity contribution is 7.47. The van der Waals surface area contributed by atoms with E-state index in [1.807, 2.05) is 0 Å². The average Bonchev–Trinajstić information content (AvgIpc) is 2.88. The number of unbranched alkanes of at least 4 members (excludes halogenated alkanes) is 43. The van der Waals surface area contributed by atoms with Crippen molar-refractivity contribution in [2.45, 2.75) is 387 Å². The molecule has 0 aliphatic heterocycles. The molecule has 0 aromatic heterocycles. The molecule has 0 bridgehead atoms. The fourth-order valence-electron chi connectivity index (χ4n) is 10.8. The Morgan fingerprint density at radius 3 is 0.756 bits per heavy atom. The second-order valence-electron chi connectivity index (χ2n) is 26.1. The van der Waals surface area contributed by atoms with Crippen molar-refractivity contribution in [3.63, 3.8) is 0 Å². The number of carbonyl (C=O) groups excluding carboxylic acids is 4. The Kier molecular flexibility index (Phi) is 63.0. The first kappa shape index (κ1) is 88.1. The van der Waals surface area contributed by atoms with E-state index >= 15 is 0 Å². The molecule has 0 fully saturated rings. The molecule has 5 atom stereocenters. The summed E-state index contributed by atoms with van der Waals surface area (Å²) >= 11 is 0. The van der Waals surface area contributed by atoms with Gasteiger partial charge in [-0.25, -0.2) is 9.13 Å². The van der Waals surface area contributed by atoms with Gasteiger partial charge in [0.05, 0.1) is 26.4 Å². The fraction of sp³-hybridized carbons (Fsp3) is 0.944. The zero-order chi connectivity index (χ0) is 66.3. The van der Waals surface area contributed by atoms with Gasteiger partial charge in [0.1, 0.15) is 19.3 Å². The molecule has 0 amide bonds. The number of aliphatic hydroxyl groups is 1. The molecule has 0 aliphatic carbocycles. The van der Waals surface area contributed by atoms with E-state index < -0.39 is 97.5 Å². The van der Waals surface area contributed by atoms with E-state index in [0.29, 0.717) is 25.7 Å². The first-order chi connectivity index (χ1) is 43.5. The third kappa shape index (κ3) is 64.8. The number of hydrogen-bond acceptors (Lipinski definition) is 15. The summed E-state index contributed by atoms with van der Waals surface area (Å²) in [6.07, 6.45) is 51.2. The monoisotopic (exact) mass is 1320 g/mol. The maximum absolute atomic E-state index is 13.0. The zero-order valence-corrected chi connectivity index (χ0v) is 60.1. The zero-order valence-electron chi connectivity index (χ0n) is 58.3. The van der Waals surface area contributed by atoms with Gasteiger partial charge in [0, 0.05) is 25.7 Å². The molecular weight excluding hydrogens is 1190 g/mol. The maximum Gasteiger partial charge on any atom is 0.472 e. The van der Waals surface area contributed by atoms with Gasteiger partial charge >= 0.3 is 39.5 Å². The first-order valence-corrected chi connectivity index (χ1v) is 40.1. The average molecular weight is 1330 g/mol. The van der Waals surface area contributed by atoms with E-state index in [-0.39, 0.29) is 25.7 Å². The van der Waals surface area contributed by atoms with E-state index in [1.165, 1.54) is 193 Å². The van der Waals surface area contributed by atoms with Gasteiger partial charge in [0.2, 0.25) is 0 Å². The van der Waals surface area contributed by atoms with Crippen molar-refractivity contribution in [3.05, 3.63) is 0 Å². The molecule has 90 heavy (non-hydrogen) atoms. The molecule has 0 saturated heterocycles. The maximum atomic E-state index is 13.0. The van der Waals surface area contributed by atoms with Gasteiger partial charge in [-0.05, 0) is 31.6 Å². The van der Waals surface area contributed by atoms with Crippen LogP contribution in [-0.4, -0.2) is 96.7 Å². The van der Waals surface area contributed by atoms with Crippen LogP contribution in [-0.2, 0) is 65.4 Å². The van der Waals surface area contributed by atoms with Crippen LogP contribution in [0.4, 0.5) is 0 Å². The van der Waals surface area contributed by atoms with Crippen molar-refractivity contribution >= 4 is 39.5 Å². The topological polar surface area (TPSA) is 237 Å². The molecule has 17 nitrogen and oxygen atoms in total. The van der Waals surface area contributed by atoms with Crippen LogP contribution in [0.15, 0.2) is 0 Å². The highest BCUT2D eigenvalue weighted by atomic mass is 31.2. The minimum atomic E-state index is -4.95. The molecule has 0 aromatic carbocycles.